The maximum absolute atomic E-state index is 11.5. The number of ether oxygens (including phenoxy) is 1. The first kappa shape index (κ1) is 15.8. The van der Waals surface area contributed by atoms with Crippen LogP contribution in [0.4, 0.5) is 4.79 Å². The Kier molecular flexibility index (Phi) is 6.97. The van der Waals surface area contributed by atoms with E-state index in [9.17, 15) is 14.5 Å². The highest BCUT2D eigenvalue weighted by Gasteiger charge is 2.12. The van der Waals surface area contributed by atoms with Crippen molar-refractivity contribution in [2.45, 2.75) is 0 Å². The fourth-order valence-electron chi connectivity index (χ4n) is 1.22. The van der Waals surface area contributed by atoms with Gasteiger partial charge in [0.1, 0.15) is 6.61 Å². The van der Waals surface area contributed by atoms with Crippen molar-refractivity contribution in [3.63, 3.8) is 0 Å². The Hall–Kier alpha value is -2.22. The van der Waals surface area contributed by atoms with Crippen LogP contribution in [0.1, 0.15) is 10.4 Å². The molecule has 1 aromatic heterocycles. The van der Waals surface area contributed by atoms with Crippen LogP contribution in [0.3, 0.4) is 0 Å². The van der Waals surface area contributed by atoms with Crippen molar-refractivity contribution in [3.8, 4) is 0 Å². The fourth-order valence-corrected chi connectivity index (χ4v) is 1.38. The van der Waals surface area contributed by atoms with E-state index in [1.807, 2.05) is 0 Å². The van der Waals surface area contributed by atoms with Crippen molar-refractivity contribution in [2.24, 2.45) is 5.29 Å². The molecule has 0 aliphatic carbocycles. The highest BCUT2D eigenvalue weighted by atomic mass is 35.5. The molecule has 0 saturated heterocycles. The molecular weight excluding hydrogens is 288 g/mol. The van der Waals surface area contributed by atoms with Gasteiger partial charge in [0.05, 0.1) is 23.9 Å². The molecule has 20 heavy (non-hydrogen) atoms. The average Bonchev–Trinajstić information content (AvgIpc) is 2.49. The zero-order valence-corrected chi connectivity index (χ0v) is 11.2. The van der Waals surface area contributed by atoms with Gasteiger partial charge < -0.3 is 10.1 Å². The van der Waals surface area contributed by atoms with Crippen LogP contribution in [0.25, 0.3) is 0 Å². The van der Waals surface area contributed by atoms with Crippen LogP contribution in [0.2, 0.25) is 0 Å². The fraction of sp³-hybridized carbons (Fsp3) is 0.364. The first-order valence-corrected chi connectivity index (χ1v) is 6.24. The van der Waals surface area contributed by atoms with E-state index in [0.717, 1.165) is 0 Å². The van der Waals surface area contributed by atoms with Gasteiger partial charge in [-0.15, -0.1) is 16.5 Å². The number of hydrogen-bond donors (Lipinski definition) is 1. The predicted molar refractivity (Wildman–Crippen MR) is 71.1 cm³/mol. The van der Waals surface area contributed by atoms with Gasteiger partial charge in [0.2, 0.25) is 0 Å². The van der Waals surface area contributed by atoms with Gasteiger partial charge in [0.25, 0.3) is 0 Å². The van der Waals surface area contributed by atoms with Crippen molar-refractivity contribution < 1.29 is 14.3 Å². The van der Waals surface area contributed by atoms with E-state index in [0.29, 0.717) is 10.6 Å². The molecule has 0 aromatic carbocycles. The van der Waals surface area contributed by atoms with Gasteiger partial charge in [-0.05, 0) is 12.1 Å². The van der Waals surface area contributed by atoms with E-state index in [4.69, 9.17) is 16.3 Å². The highest BCUT2D eigenvalue weighted by molar-refractivity contribution is 6.18. The number of alkyl halides is 1. The van der Waals surface area contributed by atoms with Crippen LogP contribution in [-0.4, -0.2) is 47.6 Å². The van der Waals surface area contributed by atoms with Crippen LogP contribution in [0.5, 0.6) is 0 Å². The summed E-state index contributed by atoms with van der Waals surface area (Å²) in [6.45, 7) is 0.0263. The maximum Gasteiger partial charge on any atom is 0.340 e. The van der Waals surface area contributed by atoms with E-state index in [1.165, 1.54) is 12.4 Å². The van der Waals surface area contributed by atoms with Gasteiger partial charge in [0.15, 0.2) is 0 Å². The topological polar surface area (TPSA) is 101 Å². The molecule has 1 rings (SSSR count). The third kappa shape index (κ3) is 5.19. The van der Waals surface area contributed by atoms with Crippen LogP contribution in [-0.2, 0) is 4.74 Å². The number of pyridine rings is 1. The van der Waals surface area contributed by atoms with Gasteiger partial charge in [-0.3, -0.25) is 4.98 Å². The molecule has 0 atom stereocenters. The second-order valence-corrected chi connectivity index (χ2v) is 3.88. The third-order valence-corrected chi connectivity index (χ3v) is 2.31. The minimum atomic E-state index is -0.696. The summed E-state index contributed by atoms with van der Waals surface area (Å²) in [4.78, 5) is 37.0. The Morgan fingerprint density at radius 2 is 2.30 bits per heavy atom. The highest BCUT2D eigenvalue weighted by Crippen LogP contribution is 1.98. The average molecular weight is 301 g/mol. The molecule has 0 unspecified atom stereocenters. The van der Waals surface area contributed by atoms with Crippen molar-refractivity contribution >= 4 is 23.6 Å². The van der Waals surface area contributed by atoms with Gasteiger partial charge >= 0.3 is 12.0 Å². The molecule has 0 aliphatic heterocycles. The zero-order valence-electron chi connectivity index (χ0n) is 10.5. The number of hydrogen-bond acceptors (Lipinski definition) is 6. The quantitative estimate of drug-likeness (QED) is 0.268. The van der Waals surface area contributed by atoms with E-state index >= 15 is 0 Å². The van der Waals surface area contributed by atoms with Crippen molar-refractivity contribution in [1.29, 1.82) is 0 Å². The lowest BCUT2D eigenvalue weighted by atomic mass is 10.3. The molecule has 0 saturated carbocycles. The number of carbonyl (C=O) groups is 2. The molecular formula is C11H13ClN4O4. The van der Waals surface area contributed by atoms with E-state index in [1.54, 1.807) is 12.1 Å². The summed E-state index contributed by atoms with van der Waals surface area (Å²) < 4.78 is 4.90. The molecule has 0 fully saturated rings. The predicted octanol–water partition coefficient (Wildman–Crippen LogP) is 1.17. The molecule has 0 aliphatic rings. The summed E-state index contributed by atoms with van der Waals surface area (Å²) in [7, 11) is 0. The lowest BCUT2D eigenvalue weighted by molar-refractivity contribution is 0.0508. The Morgan fingerprint density at radius 1 is 1.50 bits per heavy atom. The molecule has 2 amide bonds. The summed E-state index contributed by atoms with van der Waals surface area (Å²) in [6.07, 6.45) is 2.91. The Labute approximate surface area is 120 Å². The van der Waals surface area contributed by atoms with Gasteiger partial charge in [0, 0.05) is 18.3 Å². The van der Waals surface area contributed by atoms with E-state index in [-0.39, 0.29) is 25.6 Å². The van der Waals surface area contributed by atoms with E-state index < -0.39 is 12.0 Å². The largest absolute Gasteiger partial charge is 0.460 e. The SMILES string of the molecule is O=NN(CCCl)C(=O)NCCOC(=O)c1cccnc1. The molecule has 9 heteroatoms. The molecule has 0 bridgehead atoms. The second-order valence-electron chi connectivity index (χ2n) is 3.50. The maximum atomic E-state index is 11.5. The number of halogens is 1. The van der Waals surface area contributed by atoms with Gasteiger partial charge in [-0.1, -0.05) is 0 Å². The first-order chi connectivity index (χ1) is 9.69. The smallest absolute Gasteiger partial charge is 0.340 e. The molecule has 1 N–H and O–H groups in total. The van der Waals surface area contributed by atoms with Gasteiger partial charge in [-0.25, -0.2) is 9.59 Å². The summed E-state index contributed by atoms with van der Waals surface area (Å²) in [5.41, 5.74) is 0.317. The Morgan fingerprint density at radius 3 is 2.90 bits per heavy atom. The van der Waals surface area contributed by atoms with Crippen LogP contribution in [0, 0.1) is 4.91 Å². The number of aromatic nitrogens is 1. The van der Waals surface area contributed by atoms with Crippen LogP contribution in [0.15, 0.2) is 29.8 Å². The van der Waals surface area contributed by atoms with Crippen molar-refractivity contribution in [3.05, 3.63) is 35.0 Å². The van der Waals surface area contributed by atoms with Crippen LogP contribution < -0.4 is 5.32 Å². The molecule has 8 nitrogen and oxygen atoms in total. The normalized spacial score (nSPS) is 9.65. The summed E-state index contributed by atoms with van der Waals surface area (Å²) in [5, 5.41) is 5.53. The van der Waals surface area contributed by atoms with Crippen molar-refractivity contribution in [1.82, 2.24) is 15.3 Å². The summed E-state index contributed by atoms with van der Waals surface area (Å²) in [5.74, 6) is -0.451. The molecule has 108 valence electrons. The number of urea groups is 1. The molecule has 1 aromatic rings. The lowest BCUT2D eigenvalue weighted by Crippen LogP contribution is -2.39. The number of nitrogens with one attached hydrogen (secondary N) is 1. The summed E-state index contributed by atoms with van der Waals surface area (Å²) >= 11 is 5.39. The molecule has 1 heterocycles. The Balaban J connectivity index is 2.26. The minimum Gasteiger partial charge on any atom is -0.460 e. The third-order valence-electron chi connectivity index (χ3n) is 2.14. The number of amides is 2. The number of rotatable bonds is 7. The monoisotopic (exact) mass is 300 g/mol. The minimum absolute atomic E-state index is 0.00631. The number of carbonyl (C=O) groups excluding carboxylic acids is 2. The van der Waals surface area contributed by atoms with Gasteiger partial charge in [-0.2, -0.15) is 5.01 Å². The number of nitroso groups, excluding NO2 is 1. The Bertz CT molecular complexity index is 457. The second kappa shape index (κ2) is 8.81. The number of nitrogens with zero attached hydrogens (tertiary/aromatic N) is 3. The number of esters is 1. The van der Waals surface area contributed by atoms with E-state index in [2.05, 4.69) is 15.6 Å². The van der Waals surface area contributed by atoms with Crippen molar-refractivity contribution in [2.75, 3.05) is 25.6 Å². The summed E-state index contributed by atoms with van der Waals surface area (Å²) in [6, 6.07) is 2.47. The molecule has 0 spiro atoms. The molecule has 0 radical (unpaired) electrons. The standard InChI is InChI=1S/C11H13ClN4O4/c12-3-6-16(15-19)11(18)14-5-7-20-10(17)9-2-1-4-13-8-9/h1-2,4,8H,3,5-7H2,(H,14,18). The lowest BCUT2D eigenvalue weighted by Gasteiger charge is -2.12. The zero-order chi connectivity index (χ0) is 14.8. The van der Waals surface area contributed by atoms with Crippen LogP contribution >= 0.6 is 11.6 Å². The first-order valence-electron chi connectivity index (χ1n) is 5.70.